The molecule has 4 nitrogen and oxygen atoms in total. The largest absolute Gasteiger partial charge is 0.352 e. The number of nitrogens with one attached hydrogen (secondary N) is 1. The van der Waals surface area contributed by atoms with Crippen LogP contribution in [0, 0.1) is 0 Å². The van der Waals surface area contributed by atoms with E-state index in [4.69, 9.17) is 34.8 Å². The van der Waals surface area contributed by atoms with Crippen LogP contribution in [0.4, 0.5) is 0 Å². The molecular formula is C29H31Cl3N2O2S. The Kier molecular flexibility index (Phi) is 11.7. The number of nitrogens with zero attached hydrogens (tertiary/aromatic N) is 1. The van der Waals surface area contributed by atoms with Crippen molar-refractivity contribution in [1.82, 2.24) is 10.2 Å². The summed E-state index contributed by atoms with van der Waals surface area (Å²) in [6, 6.07) is 21.7. The van der Waals surface area contributed by atoms with Crippen LogP contribution in [0.5, 0.6) is 0 Å². The summed E-state index contributed by atoms with van der Waals surface area (Å²) in [7, 11) is 0. The monoisotopic (exact) mass is 576 g/mol. The van der Waals surface area contributed by atoms with Gasteiger partial charge in [0.15, 0.2) is 0 Å². The first-order valence-electron chi connectivity index (χ1n) is 12.2. The van der Waals surface area contributed by atoms with Crippen LogP contribution in [-0.4, -0.2) is 34.6 Å². The Hall–Kier alpha value is -2.18. The molecule has 8 heteroatoms. The number of thioether (sulfide) groups is 1. The molecule has 0 spiro atoms. The quantitative estimate of drug-likeness (QED) is 0.243. The number of halogens is 3. The lowest BCUT2D eigenvalue weighted by Gasteiger charge is -2.32. The van der Waals surface area contributed by atoms with Gasteiger partial charge in [0, 0.05) is 45.4 Å². The van der Waals surface area contributed by atoms with Crippen LogP contribution in [0.3, 0.4) is 0 Å². The molecule has 0 fully saturated rings. The van der Waals surface area contributed by atoms with Crippen LogP contribution >= 0.6 is 46.6 Å². The predicted octanol–water partition coefficient (Wildman–Crippen LogP) is 7.43. The number of carbonyl (C=O) groups is 2. The van der Waals surface area contributed by atoms with E-state index < -0.39 is 6.04 Å². The molecule has 0 aliphatic rings. The Morgan fingerprint density at radius 3 is 2.16 bits per heavy atom. The van der Waals surface area contributed by atoms with Gasteiger partial charge in [-0.25, -0.2) is 0 Å². The first-order valence-corrected chi connectivity index (χ1v) is 14.5. The predicted molar refractivity (Wildman–Crippen MR) is 156 cm³/mol. The van der Waals surface area contributed by atoms with E-state index in [-0.39, 0.29) is 30.2 Å². The third-order valence-electron chi connectivity index (χ3n) is 6.10. The van der Waals surface area contributed by atoms with Crippen molar-refractivity contribution in [1.29, 1.82) is 0 Å². The van der Waals surface area contributed by atoms with E-state index in [1.807, 2.05) is 68.4 Å². The van der Waals surface area contributed by atoms with Gasteiger partial charge in [0.05, 0.1) is 5.75 Å². The zero-order valence-corrected chi connectivity index (χ0v) is 24.0. The SMILES string of the molecule is CC[C@@H](C)NC(=O)[C@@H](Cc1ccccc1)N(Cc1c(Cl)cccc1Cl)C(=O)CSCc1ccccc1Cl. The third kappa shape index (κ3) is 8.68. The van der Waals surface area contributed by atoms with Crippen LogP contribution in [0.1, 0.15) is 37.0 Å². The second-order valence-corrected chi connectivity index (χ2v) is 11.0. The molecule has 2 atom stereocenters. The first-order chi connectivity index (χ1) is 17.8. The van der Waals surface area contributed by atoms with Crippen molar-refractivity contribution in [3.63, 3.8) is 0 Å². The van der Waals surface area contributed by atoms with Crippen molar-refractivity contribution >= 4 is 58.4 Å². The van der Waals surface area contributed by atoms with Gasteiger partial charge in [0.2, 0.25) is 11.8 Å². The molecule has 0 aromatic heterocycles. The summed E-state index contributed by atoms with van der Waals surface area (Å²) >= 11 is 20.7. The second-order valence-electron chi connectivity index (χ2n) is 8.83. The highest BCUT2D eigenvalue weighted by Crippen LogP contribution is 2.28. The lowest BCUT2D eigenvalue weighted by Crippen LogP contribution is -2.52. The standard InChI is InChI=1S/C29H31Cl3N2O2S/c1-3-20(2)33-29(36)27(16-21-10-5-4-6-11-21)34(17-23-25(31)14-9-15-26(23)32)28(35)19-37-18-22-12-7-8-13-24(22)30/h4-15,20,27H,3,16-19H2,1-2H3,(H,33,36)/t20-,27-/m1/s1. The molecule has 0 saturated heterocycles. The molecule has 0 heterocycles. The molecule has 0 saturated carbocycles. The van der Waals surface area contributed by atoms with Gasteiger partial charge < -0.3 is 10.2 Å². The number of amides is 2. The van der Waals surface area contributed by atoms with Gasteiger partial charge in [0.25, 0.3) is 0 Å². The third-order valence-corrected chi connectivity index (χ3v) is 8.15. The average molecular weight is 578 g/mol. The highest BCUT2D eigenvalue weighted by molar-refractivity contribution is 7.99. The van der Waals surface area contributed by atoms with Gasteiger partial charge in [-0.2, -0.15) is 0 Å². The molecule has 37 heavy (non-hydrogen) atoms. The zero-order chi connectivity index (χ0) is 26.8. The van der Waals surface area contributed by atoms with Crippen molar-refractivity contribution in [3.05, 3.63) is 105 Å². The van der Waals surface area contributed by atoms with Crippen LogP contribution < -0.4 is 5.32 Å². The molecule has 0 aliphatic heterocycles. The normalized spacial score (nSPS) is 12.6. The maximum Gasteiger partial charge on any atom is 0.243 e. The van der Waals surface area contributed by atoms with Crippen LogP contribution in [0.2, 0.25) is 15.1 Å². The average Bonchev–Trinajstić information content (AvgIpc) is 2.89. The van der Waals surface area contributed by atoms with Crippen molar-refractivity contribution in [2.75, 3.05) is 5.75 Å². The summed E-state index contributed by atoms with van der Waals surface area (Å²) in [5, 5.41) is 4.64. The molecule has 3 aromatic carbocycles. The van der Waals surface area contributed by atoms with Gasteiger partial charge in [-0.1, -0.05) is 96.3 Å². The van der Waals surface area contributed by atoms with Crippen molar-refractivity contribution in [2.24, 2.45) is 0 Å². The summed E-state index contributed by atoms with van der Waals surface area (Å²) in [5.74, 6) is 0.378. The maximum absolute atomic E-state index is 13.7. The molecule has 3 aromatic rings. The minimum atomic E-state index is -0.739. The molecule has 2 amide bonds. The molecule has 196 valence electrons. The van der Waals surface area contributed by atoms with Crippen LogP contribution in [-0.2, 0) is 28.3 Å². The molecule has 0 bridgehead atoms. The molecule has 0 radical (unpaired) electrons. The smallest absolute Gasteiger partial charge is 0.243 e. The van der Waals surface area contributed by atoms with E-state index in [1.54, 1.807) is 23.1 Å². The summed E-state index contributed by atoms with van der Waals surface area (Å²) in [6.45, 7) is 4.08. The number of hydrogen-bond acceptors (Lipinski definition) is 3. The number of hydrogen-bond donors (Lipinski definition) is 1. The van der Waals surface area contributed by atoms with E-state index in [2.05, 4.69) is 5.32 Å². The maximum atomic E-state index is 13.7. The Labute approximate surface area is 238 Å². The van der Waals surface area contributed by atoms with Crippen molar-refractivity contribution < 1.29 is 9.59 Å². The molecule has 0 unspecified atom stereocenters. The minimum absolute atomic E-state index is 0.0266. The Bertz CT molecular complexity index is 1170. The second kappa shape index (κ2) is 14.7. The fourth-order valence-electron chi connectivity index (χ4n) is 3.80. The fourth-order valence-corrected chi connectivity index (χ4v) is 5.51. The Balaban J connectivity index is 1.91. The van der Waals surface area contributed by atoms with Gasteiger partial charge in [-0.3, -0.25) is 9.59 Å². The highest BCUT2D eigenvalue weighted by Gasteiger charge is 2.31. The lowest BCUT2D eigenvalue weighted by atomic mass is 10.0. The van der Waals surface area contributed by atoms with E-state index in [0.717, 1.165) is 17.5 Å². The van der Waals surface area contributed by atoms with Crippen molar-refractivity contribution in [3.8, 4) is 0 Å². The summed E-state index contributed by atoms with van der Waals surface area (Å²) in [4.78, 5) is 28.9. The summed E-state index contributed by atoms with van der Waals surface area (Å²) in [6.07, 6.45) is 1.15. The van der Waals surface area contributed by atoms with Gasteiger partial charge in [0.1, 0.15) is 6.04 Å². The van der Waals surface area contributed by atoms with E-state index >= 15 is 0 Å². The fraction of sp³-hybridized carbons (Fsp3) is 0.310. The summed E-state index contributed by atoms with van der Waals surface area (Å²) in [5.41, 5.74) is 2.53. The Morgan fingerprint density at radius 2 is 1.51 bits per heavy atom. The first kappa shape index (κ1) is 29.4. The number of benzene rings is 3. The molecule has 3 rings (SSSR count). The molecule has 1 N–H and O–H groups in total. The van der Waals surface area contributed by atoms with Gasteiger partial charge in [-0.15, -0.1) is 11.8 Å². The van der Waals surface area contributed by atoms with E-state index in [0.29, 0.717) is 32.8 Å². The zero-order valence-electron chi connectivity index (χ0n) is 20.9. The molecular weight excluding hydrogens is 547 g/mol. The number of carbonyl (C=O) groups excluding carboxylic acids is 2. The molecule has 0 aliphatic carbocycles. The van der Waals surface area contributed by atoms with E-state index in [9.17, 15) is 9.59 Å². The van der Waals surface area contributed by atoms with Crippen LogP contribution in [0.25, 0.3) is 0 Å². The van der Waals surface area contributed by atoms with E-state index in [1.165, 1.54) is 11.8 Å². The number of rotatable bonds is 12. The lowest BCUT2D eigenvalue weighted by molar-refractivity contribution is -0.139. The Morgan fingerprint density at radius 1 is 0.892 bits per heavy atom. The summed E-state index contributed by atoms with van der Waals surface area (Å²) < 4.78 is 0. The van der Waals surface area contributed by atoms with Crippen LogP contribution in [0.15, 0.2) is 72.8 Å². The van der Waals surface area contributed by atoms with Gasteiger partial charge >= 0.3 is 0 Å². The highest BCUT2D eigenvalue weighted by atomic mass is 35.5. The topological polar surface area (TPSA) is 49.4 Å². The van der Waals surface area contributed by atoms with Crippen molar-refractivity contribution in [2.45, 2.75) is 51.1 Å². The minimum Gasteiger partial charge on any atom is -0.352 e. The van der Waals surface area contributed by atoms with Gasteiger partial charge in [-0.05, 0) is 42.7 Å².